The minimum atomic E-state index is -0.962. The predicted molar refractivity (Wildman–Crippen MR) is 83.3 cm³/mol. The molecule has 1 aliphatic carbocycles. The highest BCUT2D eigenvalue weighted by molar-refractivity contribution is 6.02. The maximum Gasteiger partial charge on any atom is 0.311 e. The van der Waals surface area contributed by atoms with Gasteiger partial charge < -0.3 is 15.2 Å². The van der Waals surface area contributed by atoms with Gasteiger partial charge in [-0.3, -0.25) is 29.4 Å². The third-order valence-electron chi connectivity index (χ3n) is 4.33. The molecule has 1 aromatic carbocycles. The molecule has 0 unspecified atom stereocenters. The number of aliphatic carboxylic acids is 1. The second-order valence-corrected chi connectivity index (χ2v) is 6.04. The number of hydrogen-bond acceptors (Lipinski definition) is 6. The Morgan fingerprint density at radius 3 is 2.72 bits per heavy atom. The second kappa shape index (κ2) is 6.04. The minimum Gasteiger partial charge on any atom is -0.482 e. The molecule has 2 aliphatic rings. The fraction of sp³-hybridized carbons (Fsp3) is 0.400. The normalized spacial score (nSPS) is 17.3. The van der Waals surface area contributed by atoms with Gasteiger partial charge in [-0.2, -0.15) is 0 Å². The van der Waals surface area contributed by atoms with Crippen LogP contribution in [0.4, 0.5) is 11.4 Å². The SMILES string of the molecule is O=C(CN1C(=O)COc2ccc([N+](=O)[O-])cc21)NCC1(C(=O)O)CC1. The van der Waals surface area contributed by atoms with Crippen LogP contribution in [0.3, 0.4) is 0 Å². The lowest BCUT2D eigenvalue weighted by Crippen LogP contribution is -2.46. The van der Waals surface area contributed by atoms with E-state index in [0.717, 1.165) is 4.90 Å². The standard InChI is InChI=1S/C15H15N3O7/c19-12(16-8-15(3-4-15)14(21)22)6-17-10-5-9(18(23)24)1-2-11(10)25-7-13(17)20/h1-2,5H,3-4,6-8H2,(H,16,19)(H,21,22). The molecule has 0 spiro atoms. The number of benzene rings is 1. The Bertz CT molecular complexity index is 772. The van der Waals surface area contributed by atoms with Crippen LogP contribution in [0.1, 0.15) is 12.8 Å². The molecule has 0 radical (unpaired) electrons. The number of nitrogens with zero attached hydrogens (tertiary/aromatic N) is 2. The van der Waals surface area contributed by atoms with Crippen LogP contribution in [0.2, 0.25) is 0 Å². The smallest absolute Gasteiger partial charge is 0.311 e. The summed E-state index contributed by atoms with van der Waals surface area (Å²) in [5.74, 6) is -1.75. The van der Waals surface area contributed by atoms with Crippen LogP contribution in [0.5, 0.6) is 5.75 Å². The van der Waals surface area contributed by atoms with E-state index in [0.29, 0.717) is 12.8 Å². The maximum absolute atomic E-state index is 12.1. The lowest BCUT2D eigenvalue weighted by Gasteiger charge is -2.28. The average molecular weight is 349 g/mol. The molecule has 2 amide bonds. The number of carbonyl (C=O) groups is 3. The number of nitro groups is 1. The Morgan fingerprint density at radius 2 is 2.12 bits per heavy atom. The number of carboxylic acid groups (broad SMARTS) is 1. The van der Waals surface area contributed by atoms with Crippen LogP contribution in [0, 0.1) is 15.5 Å². The van der Waals surface area contributed by atoms with Gasteiger partial charge >= 0.3 is 5.97 Å². The summed E-state index contributed by atoms with van der Waals surface area (Å²) in [5, 5.41) is 22.5. The van der Waals surface area contributed by atoms with Crippen molar-refractivity contribution in [1.82, 2.24) is 5.32 Å². The molecule has 25 heavy (non-hydrogen) atoms. The van der Waals surface area contributed by atoms with Crippen molar-refractivity contribution < 1.29 is 29.2 Å². The highest BCUT2D eigenvalue weighted by Crippen LogP contribution is 2.45. The first-order valence-corrected chi connectivity index (χ1v) is 7.54. The molecule has 1 aromatic rings. The molecule has 0 atom stereocenters. The molecule has 0 bridgehead atoms. The van der Waals surface area contributed by atoms with Gasteiger partial charge in [0.1, 0.15) is 12.3 Å². The number of ether oxygens (including phenoxy) is 1. The van der Waals surface area contributed by atoms with E-state index in [4.69, 9.17) is 9.84 Å². The Balaban J connectivity index is 1.72. The van der Waals surface area contributed by atoms with Gasteiger partial charge in [-0.1, -0.05) is 0 Å². The number of carbonyl (C=O) groups excluding carboxylic acids is 2. The summed E-state index contributed by atoms with van der Waals surface area (Å²) in [7, 11) is 0. The first kappa shape index (κ1) is 16.7. The fourth-order valence-electron chi connectivity index (χ4n) is 2.56. The van der Waals surface area contributed by atoms with E-state index in [9.17, 15) is 24.5 Å². The Hall–Kier alpha value is -3.17. The monoisotopic (exact) mass is 349 g/mol. The Labute approximate surface area is 141 Å². The number of fused-ring (bicyclic) bond motifs is 1. The van der Waals surface area contributed by atoms with Crippen molar-refractivity contribution in [3.05, 3.63) is 28.3 Å². The molecule has 10 nitrogen and oxygen atoms in total. The Kier molecular flexibility index (Phi) is 4.03. The van der Waals surface area contributed by atoms with Crippen molar-refractivity contribution in [3.8, 4) is 5.75 Å². The summed E-state index contributed by atoms with van der Waals surface area (Å²) in [6, 6.07) is 3.78. The number of nitro benzene ring substituents is 1. The number of hydrogen-bond donors (Lipinski definition) is 2. The maximum atomic E-state index is 12.1. The van der Waals surface area contributed by atoms with Crippen LogP contribution < -0.4 is 15.0 Å². The average Bonchev–Trinajstić information content (AvgIpc) is 3.36. The third kappa shape index (κ3) is 3.23. The molecule has 1 fully saturated rings. The fourth-order valence-corrected chi connectivity index (χ4v) is 2.56. The van der Waals surface area contributed by atoms with E-state index in [1.807, 2.05) is 0 Å². The molecule has 1 aliphatic heterocycles. The Morgan fingerprint density at radius 1 is 1.40 bits per heavy atom. The van der Waals surface area contributed by atoms with E-state index < -0.39 is 28.1 Å². The van der Waals surface area contributed by atoms with Crippen molar-refractivity contribution in [2.75, 3.05) is 24.6 Å². The van der Waals surface area contributed by atoms with Gasteiger partial charge in [0, 0.05) is 18.7 Å². The molecule has 10 heteroatoms. The first-order chi connectivity index (χ1) is 11.8. The van der Waals surface area contributed by atoms with Gasteiger partial charge in [-0.05, 0) is 18.9 Å². The van der Waals surface area contributed by atoms with E-state index in [1.165, 1.54) is 18.2 Å². The molecular formula is C15H15N3O7. The van der Waals surface area contributed by atoms with E-state index in [1.54, 1.807) is 0 Å². The van der Waals surface area contributed by atoms with Crippen LogP contribution in [-0.4, -0.2) is 47.5 Å². The summed E-state index contributed by atoms with van der Waals surface area (Å²) >= 11 is 0. The quantitative estimate of drug-likeness (QED) is 0.556. The summed E-state index contributed by atoms with van der Waals surface area (Å²) in [6.07, 6.45) is 0.988. The molecule has 1 saturated carbocycles. The van der Waals surface area contributed by atoms with Crippen molar-refractivity contribution in [2.24, 2.45) is 5.41 Å². The number of rotatable bonds is 6. The first-order valence-electron chi connectivity index (χ1n) is 7.54. The van der Waals surface area contributed by atoms with Crippen molar-refractivity contribution >= 4 is 29.2 Å². The summed E-state index contributed by atoms with van der Waals surface area (Å²) in [5.41, 5.74) is -1.01. The molecule has 0 saturated heterocycles. The molecule has 3 rings (SSSR count). The number of non-ortho nitro benzene ring substituents is 1. The lowest BCUT2D eigenvalue weighted by molar-refractivity contribution is -0.384. The highest BCUT2D eigenvalue weighted by Gasteiger charge is 2.50. The zero-order chi connectivity index (χ0) is 18.2. The molecule has 1 heterocycles. The molecular weight excluding hydrogens is 334 g/mol. The van der Waals surface area contributed by atoms with Crippen molar-refractivity contribution in [3.63, 3.8) is 0 Å². The summed E-state index contributed by atoms with van der Waals surface area (Å²) < 4.78 is 5.21. The van der Waals surface area contributed by atoms with Crippen molar-refractivity contribution in [1.29, 1.82) is 0 Å². The van der Waals surface area contributed by atoms with Gasteiger partial charge in [-0.15, -0.1) is 0 Å². The van der Waals surface area contributed by atoms with E-state index in [2.05, 4.69) is 5.32 Å². The number of anilines is 1. The van der Waals surface area contributed by atoms with Gasteiger partial charge in [0.05, 0.1) is 16.0 Å². The predicted octanol–water partition coefficient (Wildman–Crippen LogP) is 0.301. The van der Waals surface area contributed by atoms with Crippen LogP contribution in [0.25, 0.3) is 0 Å². The zero-order valence-corrected chi connectivity index (χ0v) is 13.1. The number of carboxylic acids is 1. The summed E-state index contributed by atoms with van der Waals surface area (Å²) in [4.78, 5) is 46.7. The summed E-state index contributed by atoms with van der Waals surface area (Å²) in [6.45, 7) is -0.662. The number of amides is 2. The number of nitrogens with one attached hydrogen (secondary N) is 1. The highest BCUT2D eigenvalue weighted by atomic mass is 16.6. The van der Waals surface area contributed by atoms with Gasteiger partial charge in [0.2, 0.25) is 5.91 Å². The van der Waals surface area contributed by atoms with Crippen LogP contribution in [-0.2, 0) is 14.4 Å². The zero-order valence-electron chi connectivity index (χ0n) is 13.1. The second-order valence-electron chi connectivity index (χ2n) is 6.04. The lowest BCUT2D eigenvalue weighted by atomic mass is 10.1. The van der Waals surface area contributed by atoms with E-state index >= 15 is 0 Å². The topological polar surface area (TPSA) is 139 Å². The minimum absolute atomic E-state index is 0.0124. The van der Waals surface area contributed by atoms with Crippen molar-refractivity contribution in [2.45, 2.75) is 12.8 Å². The van der Waals surface area contributed by atoms with E-state index in [-0.39, 0.29) is 36.8 Å². The molecule has 0 aromatic heterocycles. The van der Waals surface area contributed by atoms with Crippen LogP contribution in [0.15, 0.2) is 18.2 Å². The van der Waals surface area contributed by atoms with Gasteiger partial charge in [0.15, 0.2) is 6.61 Å². The van der Waals surface area contributed by atoms with Gasteiger partial charge in [-0.25, -0.2) is 0 Å². The largest absolute Gasteiger partial charge is 0.482 e. The molecule has 2 N–H and O–H groups in total. The third-order valence-corrected chi connectivity index (χ3v) is 4.33. The van der Waals surface area contributed by atoms with Crippen LogP contribution >= 0.6 is 0 Å². The molecule has 132 valence electrons. The van der Waals surface area contributed by atoms with Gasteiger partial charge in [0.25, 0.3) is 11.6 Å².